The Balaban J connectivity index is 1.68. The van der Waals surface area contributed by atoms with Gasteiger partial charge in [0.05, 0.1) is 19.3 Å². The van der Waals surface area contributed by atoms with Crippen LogP contribution >= 0.6 is 0 Å². The van der Waals surface area contributed by atoms with Crippen molar-refractivity contribution in [2.45, 2.75) is 63.9 Å². The van der Waals surface area contributed by atoms with Crippen LogP contribution in [0.4, 0.5) is 0 Å². The van der Waals surface area contributed by atoms with E-state index in [1.807, 2.05) is 6.92 Å². The zero-order valence-electron chi connectivity index (χ0n) is 17.0. The number of hydrogen-bond acceptors (Lipinski definition) is 7. The van der Waals surface area contributed by atoms with Crippen molar-refractivity contribution in [1.29, 1.82) is 0 Å². The molecule has 6 fully saturated rings. The van der Waals surface area contributed by atoms with Gasteiger partial charge in [-0.3, -0.25) is 9.59 Å². The second kappa shape index (κ2) is 5.69. The summed E-state index contributed by atoms with van der Waals surface area (Å²) in [4.78, 5) is 25.0. The van der Waals surface area contributed by atoms with Crippen molar-refractivity contribution >= 4 is 11.8 Å². The molecular weight excluding hydrogens is 376 g/mol. The predicted octanol–water partition coefficient (Wildman–Crippen LogP) is 0.948. The molecule has 0 aromatic heterocycles. The van der Waals surface area contributed by atoms with Crippen LogP contribution in [0.2, 0.25) is 0 Å². The smallest absolute Gasteiger partial charge is 0.302 e. The first kappa shape index (κ1) is 19.7. The van der Waals surface area contributed by atoms with Gasteiger partial charge in [0.15, 0.2) is 5.78 Å². The summed E-state index contributed by atoms with van der Waals surface area (Å²) in [7, 11) is 0. The first-order valence-electron chi connectivity index (χ1n) is 10.7. The summed E-state index contributed by atoms with van der Waals surface area (Å²) >= 11 is 0. The van der Waals surface area contributed by atoms with E-state index >= 15 is 0 Å². The van der Waals surface area contributed by atoms with Crippen LogP contribution in [0.5, 0.6) is 0 Å². The Kier molecular flexibility index (Phi) is 3.86. The number of fused-ring (bicyclic) bond motifs is 2. The zero-order valence-corrected chi connectivity index (χ0v) is 17.0. The maximum absolute atomic E-state index is 13.5. The minimum atomic E-state index is -2.17. The molecule has 0 amide bonds. The van der Waals surface area contributed by atoms with Crippen LogP contribution in [0.1, 0.15) is 46.0 Å². The number of aliphatic hydroxyl groups is 3. The standard InChI is InChI=1S/C22H30O7/c1-11-13-5-6-14-20-8-4-7-19(3,9-28-12(2)23)15(20)18(26)22(27,29-10-20)21(14,16(11)24)17(13)25/h13-15,17-18,25-27H,1,4-10H2,2-3H3/t13-,14+,15-,17+,18+,19-,20+,21?,22+/m1/s1. The highest BCUT2D eigenvalue weighted by Crippen LogP contribution is 2.76. The van der Waals surface area contributed by atoms with E-state index < -0.39 is 46.1 Å². The Bertz CT molecular complexity index is 809. The molecule has 7 heteroatoms. The van der Waals surface area contributed by atoms with Crippen molar-refractivity contribution in [3.8, 4) is 0 Å². The van der Waals surface area contributed by atoms with E-state index in [4.69, 9.17) is 9.47 Å². The van der Waals surface area contributed by atoms with Crippen molar-refractivity contribution in [1.82, 2.24) is 0 Å². The van der Waals surface area contributed by atoms with Crippen molar-refractivity contribution in [2.24, 2.45) is 34.0 Å². The first-order chi connectivity index (χ1) is 13.6. The van der Waals surface area contributed by atoms with Gasteiger partial charge in [-0.2, -0.15) is 0 Å². The van der Waals surface area contributed by atoms with Crippen LogP contribution in [0, 0.1) is 34.0 Å². The lowest BCUT2D eigenvalue weighted by atomic mass is 9.36. The molecule has 0 aromatic rings. The molecule has 6 rings (SSSR count). The molecule has 2 saturated heterocycles. The van der Waals surface area contributed by atoms with Crippen LogP contribution in [-0.2, 0) is 19.1 Å². The number of esters is 1. The van der Waals surface area contributed by atoms with Gasteiger partial charge in [-0.25, -0.2) is 0 Å². The number of carbonyl (C=O) groups excluding carboxylic acids is 2. The molecule has 4 bridgehead atoms. The van der Waals surface area contributed by atoms with Crippen molar-refractivity contribution in [2.75, 3.05) is 13.2 Å². The zero-order chi connectivity index (χ0) is 21.0. The van der Waals surface area contributed by atoms with Crippen LogP contribution in [0.3, 0.4) is 0 Å². The lowest BCUT2D eigenvalue weighted by Crippen LogP contribution is -2.84. The number of Topliss-reactive ketones (excluding diaryl/α,β-unsaturated/α-hetero) is 1. The summed E-state index contributed by atoms with van der Waals surface area (Å²) in [5.41, 5.74) is -2.35. The third kappa shape index (κ3) is 1.94. The Hall–Kier alpha value is -1.28. The SMILES string of the molecule is C=C1C(=O)C23[C@@H](CC[C@H]1[C@@H]2O)[C@@]12CCC[C@](C)(COC(C)=O)[C@H]1[C@H](O)[C@]3(O)OC2. The van der Waals surface area contributed by atoms with Crippen LogP contribution in [0.25, 0.3) is 0 Å². The highest BCUT2D eigenvalue weighted by Gasteiger charge is 2.85. The van der Waals surface area contributed by atoms with Crippen molar-refractivity contribution in [3.63, 3.8) is 0 Å². The van der Waals surface area contributed by atoms with E-state index in [1.54, 1.807) is 0 Å². The van der Waals surface area contributed by atoms with Gasteiger partial charge in [-0.15, -0.1) is 0 Å². The molecule has 4 aliphatic carbocycles. The number of ether oxygens (including phenoxy) is 2. The molecule has 6 aliphatic rings. The van der Waals surface area contributed by atoms with Gasteiger partial charge < -0.3 is 24.8 Å². The molecule has 4 saturated carbocycles. The van der Waals surface area contributed by atoms with Crippen LogP contribution in [-0.4, -0.2) is 58.3 Å². The quantitative estimate of drug-likeness (QED) is 0.462. The second-order valence-corrected chi connectivity index (χ2v) is 10.3. The van der Waals surface area contributed by atoms with Gasteiger partial charge in [0.1, 0.15) is 11.5 Å². The molecule has 0 radical (unpaired) electrons. The Morgan fingerprint density at radius 2 is 2.00 bits per heavy atom. The lowest BCUT2D eigenvalue weighted by Gasteiger charge is -2.74. The Labute approximate surface area is 170 Å². The average molecular weight is 406 g/mol. The van der Waals surface area contributed by atoms with E-state index in [0.29, 0.717) is 18.4 Å². The molecular formula is C22H30O7. The Morgan fingerprint density at radius 1 is 1.28 bits per heavy atom. The highest BCUT2D eigenvalue weighted by atomic mass is 16.6. The molecule has 0 aromatic carbocycles. The molecule has 160 valence electrons. The van der Waals surface area contributed by atoms with Crippen molar-refractivity contribution < 1.29 is 34.4 Å². The molecule has 9 atom stereocenters. The fraction of sp³-hybridized carbons (Fsp3) is 0.818. The number of rotatable bonds is 2. The van der Waals surface area contributed by atoms with E-state index in [2.05, 4.69) is 6.58 Å². The summed E-state index contributed by atoms with van der Waals surface area (Å²) in [5.74, 6) is -4.02. The van der Waals surface area contributed by atoms with Crippen LogP contribution in [0.15, 0.2) is 12.2 Å². The molecule has 29 heavy (non-hydrogen) atoms. The highest BCUT2D eigenvalue weighted by molar-refractivity contribution is 6.05. The molecule has 2 spiro atoms. The number of hydrogen-bond donors (Lipinski definition) is 3. The monoisotopic (exact) mass is 406 g/mol. The van der Waals surface area contributed by atoms with Crippen molar-refractivity contribution in [3.05, 3.63) is 12.2 Å². The average Bonchev–Trinajstić information content (AvgIpc) is 2.77. The Morgan fingerprint density at radius 3 is 2.69 bits per heavy atom. The summed E-state index contributed by atoms with van der Waals surface area (Å²) in [6.07, 6.45) is 1.15. The van der Waals surface area contributed by atoms with Gasteiger partial charge in [-0.05, 0) is 37.2 Å². The maximum Gasteiger partial charge on any atom is 0.302 e. The predicted molar refractivity (Wildman–Crippen MR) is 100 cm³/mol. The molecule has 2 heterocycles. The molecule has 1 unspecified atom stereocenters. The summed E-state index contributed by atoms with van der Waals surface area (Å²) in [6, 6.07) is 0. The third-order valence-electron chi connectivity index (χ3n) is 9.21. The van der Waals surface area contributed by atoms with E-state index in [9.17, 15) is 24.9 Å². The van der Waals surface area contributed by atoms with Gasteiger partial charge in [0.25, 0.3) is 0 Å². The van der Waals surface area contributed by atoms with Gasteiger partial charge >= 0.3 is 5.97 Å². The fourth-order valence-electron chi connectivity index (χ4n) is 8.24. The van der Waals surface area contributed by atoms with Gasteiger partial charge in [0, 0.05) is 29.6 Å². The number of carbonyl (C=O) groups is 2. The van der Waals surface area contributed by atoms with Gasteiger partial charge in [-0.1, -0.05) is 19.9 Å². The summed E-state index contributed by atoms with van der Waals surface area (Å²) in [6.45, 7) is 7.63. The normalized spacial score (nSPS) is 55.4. The van der Waals surface area contributed by atoms with E-state index in [-0.39, 0.29) is 30.9 Å². The summed E-state index contributed by atoms with van der Waals surface area (Å²) < 4.78 is 11.3. The lowest BCUT2D eigenvalue weighted by molar-refractivity contribution is -0.450. The third-order valence-corrected chi connectivity index (χ3v) is 9.21. The van der Waals surface area contributed by atoms with E-state index in [0.717, 1.165) is 19.3 Å². The number of ketones is 1. The minimum Gasteiger partial charge on any atom is -0.465 e. The summed E-state index contributed by atoms with van der Waals surface area (Å²) in [5, 5.41) is 34.5. The molecule has 2 aliphatic heterocycles. The minimum absolute atomic E-state index is 0.146. The van der Waals surface area contributed by atoms with E-state index in [1.165, 1.54) is 6.92 Å². The molecule has 7 nitrogen and oxygen atoms in total. The maximum atomic E-state index is 13.5. The largest absolute Gasteiger partial charge is 0.465 e. The number of aliphatic hydroxyl groups excluding tert-OH is 2. The van der Waals surface area contributed by atoms with Gasteiger partial charge in [0.2, 0.25) is 5.79 Å². The fourth-order valence-corrected chi connectivity index (χ4v) is 8.24. The second-order valence-electron chi connectivity index (χ2n) is 10.3. The van der Waals surface area contributed by atoms with Crippen LogP contribution < -0.4 is 0 Å². The molecule has 3 N–H and O–H groups in total. The topological polar surface area (TPSA) is 113 Å². The first-order valence-corrected chi connectivity index (χ1v) is 10.7.